The summed E-state index contributed by atoms with van der Waals surface area (Å²) < 4.78 is 0. The fourth-order valence-corrected chi connectivity index (χ4v) is 1.82. The Bertz CT molecular complexity index is 397. The maximum absolute atomic E-state index is 9.98. The van der Waals surface area contributed by atoms with Crippen molar-refractivity contribution in [2.75, 3.05) is 11.9 Å². The van der Waals surface area contributed by atoms with E-state index in [1.54, 1.807) is 0 Å². The first-order valence-electron chi connectivity index (χ1n) is 5.98. The van der Waals surface area contributed by atoms with E-state index in [0.717, 1.165) is 11.3 Å². The zero-order chi connectivity index (χ0) is 12.8. The SMILES string of the molecule is CC[C@H](O)c1ccccc1N(C)C(C)CC#N. The summed E-state index contributed by atoms with van der Waals surface area (Å²) >= 11 is 0. The van der Waals surface area contributed by atoms with Gasteiger partial charge in [-0.05, 0) is 19.4 Å². The van der Waals surface area contributed by atoms with Gasteiger partial charge in [0.2, 0.25) is 0 Å². The Morgan fingerprint density at radius 3 is 2.65 bits per heavy atom. The number of nitriles is 1. The second kappa shape index (κ2) is 6.27. The van der Waals surface area contributed by atoms with Gasteiger partial charge in [0.1, 0.15) is 0 Å². The van der Waals surface area contributed by atoms with Gasteiger partial charge in [0, 0.05) is 24.3 Å². The number of aliphatic hydroxyl groups is 1. The monoisotopic (exact) mass is 232 g/mol. The van der Waals surface area contributed by atoms with Gasteiger partial charge in [0.25, 0.3) is 0 Å². The molecule has 0 bridgehead atoms. The maximum atomic E-state index is 9.98. The van der Waals surface area contributed by atoms with Crippen molar-refractivity contribution in [1.29, 1.82) is 5.26 Å². The molecule has 0 amide bonds. The molecule has 1 unspecified atom stereocenters. The Morgan fingerprint density at radius 1 is 1.41 bits per heavy atom. The lowest BCUT2D eigenvalue weighted by atomic mass is 10.0. The van der Waals surface area contributed by atoms with Crippen molar-refractivity contribution in [3.63, 3.8) is 0 Å². The van der Waals surface area contributed by atoms with Crippen LogP contribution in [-0.2, 0) is 0 Å². The maximum Gasteiger partial charge on any atom is 0.0807 e. The molecular weight excluding hydrogens is 212 g/mol. The molecule has 0 fully saturated rings. The first-order chi connectivity index (χ1) is 8.11. The topological polar surface area (TPSA) is 47.3 Å². The number of nitrogens with zero attached hydrogens (tertiary/aromatic N) is 2. The lowest BCUT2D eigenvalue weighted by molar-refractivity contribution is 0.174. The van der Waals surface area contributed by atoms with Crippen LogP contribution in [0.15, 0.2) is 24.3 Å². The van der Waals surface area contributed by atoms with E-state index in [0.29, 0.717) is 12.8 Å². The Morgan fingerprint density at radius 2 is 2.06 bits per heavy atom. The van der Waals surface area contributed by atoms with Gasteiger partial charge < -0.3 is 10.0 Å². The third-order valence-corrected chi connectivity index (χ3v) is 3.11. The summed E-state index contributed by atoms with van der Waals surface area (Å²) in [5.74, 6) is 0. The molecule has 0 radical (unpaired) electrons. The van der Waals surface area contributed by atoms with Crippen LogP contribution in [-0.4, -0.2) is 18.2 Å². The van der Waals surface area contributed by atoms with Crippen LogP contribution in [0, 0.1) is 11.3 Å². The van der Waals surface area contributed by atoms with E-state index in [-0.39, 0.29) is 6.04 Å². The molecule has 0 aromatic heterocycles. The molecule has 0 saturated carbocycles. The number of benzene rings is 1. The third-order valence-electron chi connectivity index (χ3n) is 3.11. The molecule has 0 aliphatic carbocycles. The zero-order valence-electron chi connectivity index (χ0n) is 10.7. The molecule has 1 aromatic rings. The van der Waals surface area contributed by atoms with E-state index >= 15 is 0 Å². The highest BCUT2D eigenvalue weighted by molar-refractivity contribution is 5.54. The van der Waals surface area contributed by atoms with Crippen LogP contribution in [0.5, 0.6) is 0 Å². The van der Waals surface area contributed by atoms with Crippen molar-refractivity contribution in [3.8, 4) is 6.07 Å². The van der Waals surface area contributed by atoms with E-state index in [1.165, 1.54) is 0 Å². The highest BCUT2D eigenvalue weighted by atomic mass is 16.3. The summed E-state index contributed by atoms with van der Waals surface area (Å²) in [4.78, 5) is 2.05. The number of anilines is 1. The second-order valence-electron chi connectivity index (χ2n) is 4.31. The molecule has 0 heterocycles. The van der Waals surface area contributed by atoms with Gasteiger partial charge in [-0.15, -0.1) is 0 Å². The van der Waals surface area contributed by atoms with Crippen LogP contribution in [0.25, 0.3) is 0 Å². The first kappa shape index (κ1) is 13.5. The number of para-hydroxylation sites is 1. The minimum absolute atomic E-state index is 0.144. The largest absolute Gasteiger partial charge is 0.388 e. The first-order valence-corrected chi connectivity index (χ1v) is 5.98. The predicted octanol–water partition coefficient (Wildman–Crippen LogP) is 2.87. The van der Waals surface area contributed by atoms with Gasteiger partial charge in [-0.2, -0.15) is 5.26 Å². The van der Waals surface area contributed by atoms with Gasteiger partial charge in [-0.25, -0.2) is 0 Å². The molecule has 0 saturated heterocycles. The second-order valence-corrected chi connectivity index (χ2v) is 4.31. The summed E-state index contributed by atoms with van der Waals surface area (Å²) in [5.41, 5.74) is 1.94. The lowest BCUT2D eigenvalue weighted by Crippen LogP contribution is -2.29. The van der Waals surface area contributed by atoms with E-state index in [2.05, 4.69) is 11.0 Å². The Labute approximate surface area is 103 Å². The van der Waals surface area contributed by atoms with E-state index in [9.17, 15) is 5.11 Å². The molecule has 0 aliphatic rings. The van der Waals surface area contributed by atoms with Gasteiger partial charge in [0.05, 0.1) is 18.6 Å². The molecule has 17 heavy (non-hydrogen) atoms. The quantitative estimate of drug-likeness (QED) is 0.849. The molecule has 1 rings (SSSR count). The number of aliphatic hydroxyl groups excluding tert-OH is 1. The molecule has 3 heteroatoms. The summed E-state index contributed by atoms with van der Waals surface area (Å²) in [6.07, 6.45) is 0.729. The van der Waals surface area contributed by atoms with E-state index in [4.69, 9.17) is 5.26 Å². The van der Waals surface area contributed by atoms with Crippen LogP contribution < -0.4 is 4.90 Å². The van der Waals surface area contributed by atoms with Crippen LogP contribution in [0.2, 0.25) is 0 Å². The summed E-state index contributed by atoms with van der Waals surface area (Å²) in [6.45, 7) is 3.97. The van der Waals surface area contributed by atoms with Crippen molar-refractivity contribution in [2.45, 2.75) is 38.8 Å². The van der Waals surface area contributed by atoms with Crippen LogP contribution in [0.1, 0.15) is 38.4 Å². The number of rotatable bonds is 5. The van der Waals surface area contributed by atoms with Crippen molar-refractivity contribution < 1.29 is 5.11 Å². The van der Waals surface area contributed by atoms with Crippen LogP contribution in [0.3, 0.4) is 0 Å². The Hall–Kier alpha value is -1.53. The van der Waals surface area contributed by atoms with Gasteiger partial charge in [-0.1, -0.05) is 25.1 Å². The zero-order valence-corrected chi connectivity index (χ0v) is 10.7. The van der Waals surface area contributed by atoms with Crippen LogP contribution in [0.4, 0.5) is 5.69 Å². The fourth-order valence-electron chi connectivity index (χ4n) is 1.82. The highest BCUT2D eigenvalue weighted by Crippen LogP contribution is 2.28. The van der Waals surface area contributed by atoms with Gasteiger partial charge in [-0.3, -0.25) is 0 Å². The van der Waals surface area contributed by atoms with Crippen molar-refractivity contribution in [2.24, 2.45) is 0 Å². The normalized spacial score (nSPS) is 13.8. The molecule has 3 nitrogen and oxygen atoms in total. The Balaban J connectivity index is 3.01. The van der Waals surface area contributed by atoms with E-state index in [1.807, 2.05) is 45.2 Å². The standard InChI is InChI=1S/C14H20N2O/c1-4-14(17)12-7-5-6-8-13(12)16(3)11(2)9-10-15/h5-8,11,14,17H,4,9H2,1-3H3/t11?,14-/m0/s1. The third kappa shape index (κ3) is 3.21. The van der Waals surface area contributed by atoms with Gasteiger partial charge in [0.15, 0.2) is 0 Å². The van der Waals surface area contributed by atoms with Gasteiger partial charge >= 0.3 is 0 Å². The lowest BCUT2D eigenvalue weighted by Gasteiger charge is -2.28. The number of hydrogen-bond donors (Lipinski definition) is 1. The fraction of sp³-hybridized carbons (Fsp3) is 0.500. The smallest absolute Gasteiger partial charge is 0.0807 e. The average molecular weight is 232 g/mol. The van der Waals surface area contributed by atoms with Crippen LogP contribution >= 0.6 is 0 Å². The summed E-state index contributed by atoms with van der Waals surface area (Å²) in [6, 6.07) is 10.1. The van der Waals surface area contributed by atoms with E-state index < -0.39 is 6.10 Å². The van der Waals surface area contributed by atoms with Crippen molar-refractivity contribution in [3.05, 3.63) is 29.8 Å². The molecule has 2 atom stereocenters. The molecule has 92 valence electrons. The summed E-state index contributed by atoms with van der Waals surface area (Å²) in [5, 5.41) is 18.7. The molecule has 1 aromatic carbocycles. The van der Waals surface area contributed by atoms with Crippen molar-refractivity contribution >= 4 is 5.69 Å². The number of hydrogen-bond acceptors (Lipinski definition) is 3. The predicted molar refractivity (Wildman–Crippen MR) is 69.8 cm³/mol. The molecule has 0 aliphatic heterocycles. The minimum Gasteiger partial charge on any atom is -0.388 e. The average Bonchev–Trinajstić information content (AvgIpc) is 2.37. The molecule has 0 spiro atoms. The molecule has 1 N–H and O–H groups in total. The summed E-state index contributed by atoms with van der Waals surface area (Å²) in [7, 11) is 1.96. The highest BCUT2D eigenvalue weighted by Gasteiger charge is 2.16. The minimum atomic E-state index is -0.442. The molecular formula is C14H20N2O. The Kier molecular flexibility index (Phi) is 4.99. The van der Waals surface area contributed by atoms with Crippen molar-refractivity contribution in [1.82, 2.24) is 0 Å².